The minimum atomic E-state index is -1.26. The van der Waals surface area contributed by atoms with Crippen molar-refractivity contribution in [1.29, 1.82) is 5.26 Å². The summed E-state index contributed by atoms with van der Waals surface area (Å²) in [5, 5.41) is 19.2. The summed E-state index contributed by atoms with van der Waals surface area (Å²) in [4.78, 5) is 19.2. The van der Waals surface area contributed by atoms with Gasteiger partial charge in [-0.15, -0.1) is 22.7 Å². The van der Waals surface area contributed by atoms with Crippen molar-refractivity contribution < 1.29 is 19.4 Å². The van der Waals surface area contributed by atoms with Crippen molar-refractivity contribution in [3.63, 3.8) is 0 Å². The first-order valence-electron chi connectivity index (χ1n) is 26.6. The topological polar surface area (TPSA) is 109 Å². The molecule has 3 aromatic heterocycles. The highest BCUT2D eigenvalue weighted by atomic mass is 32.1. The smallest absolute Gasteiger partial charge is 0.346 e. The van der Waals surface area contributed by atoms with E-state index in [1.165, 1.54) is 127 Å². The van der Waals surface area contributed by atoms with E-state index in [0.717, 1.165) is 95.1 Å². The van der Waals surface area contributed by atoms with E-state index in [9.17, 15) is 15.2 Å². The van der Waals surface area contributed by atoms with Crippen LogP contribution in [0.5, 0.6) is 11.5 Å². The number of thiophene rings is 2. The number of hydrogen-bond donors (Lipinski definition) is 1. The first-order chi connectivity index (χ1) is 35.3. The highest BCUT2D eigenvalue weighted by Gasteiger charge is 2.45. The predicted molar refractivity (Wildman–Crippen MR) is 303 cm³/mol. The molecule has 0 fully saturated rings. The van der Waals surface area contributed by atoms with Gasteiger partial charge in [0.25, 0.3) is 0 Å². The largest absolute Gasteiger partial charge is 0.494 e. The molecule has 376 valence electrons. The molecule has 8 rings (SSSR count). The standard InChI is InChI=1S/C61H70N4O4S3/c1-5-9-13-17-35-61(36-18-14-10-6-2)52-40-54(70-58(52)59-53(61)41-55(71-59)51-34-23-44(39-45(42-62)60(66)67)56-57(51)64-72-63-56)43-21-24-46(25-22-43)65(47-26-30-49(31-27-47)68-37-19-15-11-7-3)48-28-32-50(33-29-48)69-38-20-16-12-8-4/h21-34,39-41H,5-20,35-38H2,1-4H3,(H,66,67)/b45-39+. The number of aliphatic carboxylic acids is 1. The third kappa shape index (κ3) is 12.2. The van der Waals surface area contributed by atoms with E-state index >= 15 is 0 Å². The zero-order chi connectivity index (χ0) is 50.3. The summed E-state index contributed by atoms with van der Waals surface area (Å²) >= 11 is 4.87. The van der Waals surface area contributed by atoms with Crippen LogP contribution in [0.1, 0.15) is 160 Å². The van der Waals surface area contributed by atoms with Gasteiger partial charge in [0.05, 0.1) is 24.9 Å². The molecule has 1 N–H and O–H groups in total. The number of ether oxygens (including phenoxy) is 2. The van der Waals surface area contributed by atoms with Crippen LogP contribution in [-0.2, 0) is 10.2 Å². The summed E-state index contributed by atoms with van der Waals surface area (Å²) in [6, 6.07) is 36.8. The van der Waals surface area contributed by atoms with Crippen molar-refractivity contribution >= 4 is 74.5 Å². The summed E-state index contributed by atoms with van der Waals surface area (Å²) in [5.41, 5.74) is 9.81. The highest BCUT2D eigenvalue weighted by molar-refractivity contribution is 7.25. The summed E-state index contributed by atoms with van der Waals surface area (Å²) in [5.74, 6) is 0.525. The molecule has 0 radical (unpaired) electrons. The Morgan fingerprint density at radius 3 is 1.58 bits per heavy atom. The van der Waals surface area contributed by atoms with Crippen LogP contribution in [-0.4, -0.2) is 33.0 Å². The van der Waals surface area contributed by atoms with Crippen LogP contribution in [0.3, 0.4) is 0 Å². The first kappa shape index (κ1) is 52.5. The van der Waals surface area contributed by atoms with Gasteiger partial charge in [0.1, 0.15) is 34.2 Å². The lowest BCUT2D eigenvalue weighted by Gasteiger charge is -2.31. The number of carboxylic acid groups (broad SMARTS) is 1. The van der Waals surface area contributed by atoms with E-state index in [-0.39, 0.29) is 11.0 Å². The summed E-state index contributed by atoms with van der Waals surface area (Å²) in [6.07, 6.45) is 22.7. The summed E-state index contributed by atoms with van der Waals surface area (Å²) in [6.45, 7) is 10.5. The number of carboxylic acids is 1. The van der Waals surface area contributed by atoms with E-state index in [4.69, 9.17) is 13.8 Å². The maximum absolute atomic E-state index is 11.8. The molecule has 0 saturated carbocycles. The predicted octanol–water partition coefficient (Wildman–Crippen LogP) is 18.7. The number of nitriles is 1. The molecule has 0 atom stereocenters. The minimum Gasteiger partial charge on any atom is -0.494 e. The monoisotopic (exact) mass is 1020 g/mol. The molecule has 0 unspecified atom stereocenters. The van der Waals surface area contributed by atoms with Gasteiger partial charge in [-0.1, -0.05) is 142 Å². The second-order valence-corrected chi connectivity index (χ2v) is 21.9. The molecule has 0 spiro atoms. The number of nitrogens with zero attached hydrogens (tertiary/aromatic N) is 4. The van der Waals surface area contributed by atoms with Crippen LogP contribution in [0.15, 0.2) is 103 Å². The Morgan fingerprint density at radius 2 is 1.08 bits per heavy atom. The van der Waals surface area contributed by atoms with Crippen molar-refractivity contribution in [2.24, 2.45) is 0 Å². The number of benzene rings is 4. The second kappa shape index (κ2) is 25.7. The normalized spacial score (nSPS) is 12.7. The average Bonchev–Trinajstić information content (AvgIpc) is 4.22. The first-order valence-corrected chi connectivity index (χ1v) is 28.9. The molecule has 11 heteroatoms. The van der Waals surface area contributed by atoms with Crippen molar-refractivity contribution in [1.82, 2.24) is 8.75 Å². The molecule has 1 aliphatic rings. The van der Waals surface area contributed by atoms with Crippen molar-refractivity contribution in [3.8, 4) is 48.2 Å². The van der Waals surface area contributed by atoms with Gasteiger partial charge in [-0.25, -0.2) is 4.79 Å². The highest BCUT2D eigenvalue weighted by Crippen LogP contribution is 2.62. The van der Waals surface area contributed by atoms with Gasteiger partial charge in [-0.05, 0) is 121 Å². The molecular weight excluding hydrogens is 949 g/mol. The third-order valence-corrected chi connectivity index (χ3v) is 17.2. The fourth-order valence-corrected chi connectivity index (χ4v) is 13.4. The molecule has 0 saturated heterocycles. The van der Waals surface area contributed by atoms with E-state index < -0.39 is 5.97 Å². The van der Waals surface area contributed by atoms with Gasteiger partial charge >= 0.3 is 5.97 Å². The maximum Gasteiger partial charge on any atom is 0.346 e. The van der Waals surface area contributed by atoms with Gasteiger partial charge in [0.15, 0.2) is 0 Å². The molecule has 72 heavy (non-hydrogen) atoms. The van der Waals surface area contributed by atoms with Gasteiger partial charge in [0.2, 0.25) is 0 Å². The molecule has 4 aromatic carbocycles. The zero-order valence-electron chi connectivity index (χ0n) is 42.6. The van der Waals surface area contributed by atoms with Crippen molar-refractivity contribution in [3.05, 3.63) is 119 Å². The molecule has 3 heterocycles. The quantitative estimate of drug-likeness (QED) is 0.0281. The fourth-order valence-electron chi connectivity index (χ4n) is 10.2. The Balaban J connectivity index is 1.15. The van der Waals surface area contributed by atoms with Crippen molar-refractivity contribution in [2.45, 2.75) is 149 Å². The van der Waals surface area contributed by atoms with Gasteiger partial charge < -0.3 is 19.5 Å². The number of hydrogen-bond acceptors (Lipinski definition) is 10. The van der Waals surface area contributed by atoms with Crippen LogP contribution in [0, 0.1) is 11.3 Å². The summed E-state index contributed by atoms with van der Waals surface area (Å²) < 4.78 is 21.7. The van der Waals surface area contributed by atoms with Crippen molar-refractivity contribution in [2.75, 3.05) is 18.1 Å². The Morgan fingerprint density at radius 1 is 0.611 bits per heavy atom. The number of unbranched alkanes of at least 4 members (excludes halogenated alkanes) is 12. The van der Waals surface area contributed by atoms with E-state index in [0.29, 0.717) is 11.1 Å². The fraction of sp³-hybridized carbons (Fsp3) is 0.410. The van der Waals surface area contributed by atoms with Gasteiger partial charge in [-0.3, -0.25) is 0 Å². The SMILES string of the molecule is CCCCCCOc1ccc(N(c2ccc(OCCCCCC)cc2)c2ccc(-c3cc4c(s3)-c3sc(-c5ccc(/C=C(\C#N)C(=O)O)c6nsnc56)cc3C4(CCCCCC)CCCCCC)cc2)cc1. The molecule has 0 amide bonds. The van der Waals surface area contributed by atoms with Crippen LogP contribution in [0.4, 0.5) is 17.1 Å². The molecule has 0 aliphatic heterocycles. The van der Waals surface area contributed by atoms with Crippen LogP contribution in [0.25, 0.3) is 47.7 Å². The maximum atomic E-state index is 11.8. The van der Waals surface area contributed by atoms with E-state index in [2.05, 4.69) is 122 Å². The van der Waals surface area contributed by atoms with Gasteiger partial charge in [-0.2, -0.15) is 14.0 Å². The molecule has 7 aromatic rings. The minimum absolute atomic E-state index is 0.103. The third-order valence-electron chi connectivity index (χ3n) is 14.1. The second-order valence-electron chi connectivity index (χ2n) is 19.2. The zero-order valence-corrected chi connectivity index (χ0v) is 45.1. The average molecular weight is 1020 g/mol. The lowest BCUT2D eigenvalue weighted by Crippen LogP contribution is -2.25. The molecule has 0 bridgehead atoms. The van der Waals surface area contributed by atoms with E-state index in [1.54, 1.807) is 0 Å². The molecule has 8 nitrogen and oxygen atoms in total. The molecular formula is C61H70N4O4S3. The lowest BCUT2D eigenvalue weighted by molar-refractivity contribution is -0.132. The molecule has 1 aliphatic carbocycles. The number of aromatic nitrogens is 2. The van der Waals surface area contributed by atoms with E-state index in [1.807, 2.05) is 40.9 Å². The Hall–Kier alpha value is -5.80. The Labute approximate surface area is 439 Å². The lowest BCUT2D eigenvalue weighted by atomic mass is 9.71. The Kier molecular flexibility index (Phi) is 18.8. The Bertz CT molecular complexity index is 2860. The van der Waals surface area contributed by atoms with Crippen LogP contribution >= 0.6 is 34.4 Å². The summed E-state index contributed by atoms with van der Waals surface area (Å²) in [7, 11) is 0. The number of fused-ring (bicyclic) bond motifs is 4. The van der Waals surface area contributed by atoms with Crippen LogP contribution in [0.2, 0.25) is 0 Å². The van der Waals surface area contributed by atoms with Gasteiger partial charge in [0, 0.05) is 53.1 Å². The van der Waals surface area contributed by atoms with Crippen LogP contribution < -0.4 is 14.4 Å². The number of carbonyl (C=O) groups is 1. The number of rotatable bonds is 29. The number of anilines is 3.